The summed E-state index contributed by atoms with van der Waals surface area (Å²) in [5.74, 6) is -0.211. The molecule has 0 aliphatic carbocycles. The fraction of sp³-hybridized carbons (Fsp3) is 0.462. The summed E-state index contributed by atoms with van der Waals surface area (Å²) < 4.78 is 34.0. The van der Waals surface area contributed by atoms with Gasteiger partial charge in [-0.2, -0.15) is 0 Å². The van der Waals surface area contributed by atoms with Crippen molar-refractivity contribution in [2.75, 3.05) is 31.6 Å². The van der Waals surface area contributed by atoms with Crippen molar-refractivity contribution in [1.82, 2.24) is 9.29 Å². The second-order valence-electron chi connectivity index (χ2n) is 9.11. The SMILES string of the molecule is CCCCN(C)S(=O)(=O)c1ccc(C(=O)N(CC2CCCO2)c2nc3c(C)c(C)ccc3s2)cc1. The molecule has 3 aromatic rings. The molecule has 1 atom stereocenters. The molecular weight excluding hydrogens is 482 g/mol. The van der Waals surface area contributed by atoms with Crippen LogP contribution in [0.5, 0.6) is 0 Å². The lowest BCUT2D eigenvalue weighted by Gasteiger charge is -2.23. The minimum absolute atomic E-state index is 0.0411. The minimum atomic E-state index is -3.59. The number of carbonyl (C=O) groups is 1. The van der Waals surface area contributed by atoms with E-state index in [0.29, 0.717) is 30.4 Å². The van der Waals surface area contributed by atoms with Crippen LogP contribution in [-0.2, 0) is 14.8 Å². The van der Waals surface area contributed by atoms with E-state index in [0.717, 1.165) is 47.0 Å². The van der Waals surface area contributed by atoms with Crippen molar-refractivity contribution >= 4 is 42.6 Å². The van der Waals surface area contributed by atoms with Gasteiger partial charge in [-0.05, 0) is 74.6 Å². The zero-order chi connectivity index (χ0) is 25.2. The molecule has 0 N–H and O–H groups in total. The van der Waals surface area contributed by atoms with Crippen molar-refractivity contribution in [3.05, 3.63) is 53.1 Å². The van der Waals surface area contributed by atoms with Gasteiger partial charge >= 0.3 is 0 Å². The van der Waals surface area contributed by atoms with Crippen molar-refractivity contribution in [2.24, 2.45) is 0 Å². The zero-order valence-corrected chi connectivity index (χ0v) is 22.4. The normalized spacial score (nSPS) is 16.3. The standard InChI is InChI=1S/C26H33N3O4S2/c1-5-6-15-28(4)35(31,32)22-12-10-20(11-13-22)25(30)29(17-21-8-7-16-33-21)26-27-24-19(3)18(2)9-14-23(24)34-26/h9-14,21H,5-8,15-17H2,1-4H3. The van der Waals surface area contributed by atoms with E-state index >= 15 is 0 Å². The van der Waals surface area contributed by atoms with Crippen LogP contribution >= 0.6 is 11.3 Å². The highest BCUT2D eigenvalue weighted by molar-refractivity contribution is 7.89. The minimum Gasteiger partial charge on any atom is -0.376 e. The molecule has 9 heteroatoms. The van der Waals surface area contributed by atoms with Crippen molar-refractivity contribution in [1.29, 1.82) is 0 Å². The second kappa shape index (κ2) is 10.7. The second-order valence-corrected chi connectivity index (χ2v) is 12.2. The van der Waals surface area contributed by atoms with Gasteiger partial charge in [-0.15, -0.1) is 0 Å². The van der Waals surface area contributed by atoms with Crippen LogP contribution in [0, 0.1) is 13.8 Å². The summed E-state index contributed by atoms with van der Waals surface area (Å²) in [7, 11) is -2.01. The summed E-state index contributed by atoms with van der Waals surface area (Å²) >= 11 is 1.49. The third-order valence-corrected chi connectivity index (χ3v) is 9.51. The Kier molecular flexibility index (Phi) is 7.90. The average Bonchev–Trinajstić information content (AvgIpc) is 3.53. The molecule has 0 saturated carbocycles. The van der Waals surface area contributed by atoms with Crippen LogP contribution in [-0.4, -0.2) is 56.5 Å². The summed E-state index contributed by atoms with van der Waals surface area (Å²) in [6.45, 7) is 7.70. The number of sulfonamides is 1. The van der Waals surface area contributed by atoms with Gasteiger partial charge < -0.3 is 4.74 Å². The van der Waals surface area contributed by atoms with Gasteiger partial charge in [-0.25, -0.2) is 17.7 Å². The third kappa shape index (κ3) is 5.43. The Balaban J connectivity index is 1.64. The lowest BCUT2D eigenvalue weighted by Crippen LogP contribution is -2.37. The van der Waals surface area contributed by atoms with E-state index in [4.69, 9.17) is 9.72 Å². The Morgan fingerprint density at radius 2 is 1.91 bits per heavy atom. The number of thiazole rings is 1. The Bertz CT molecular complexity index is 1300. The predicted octanol–water partition coefficient (Wildman–Crippen LogP) is 5.16. The molecule has 4 rings (SSSR count). The number of rotatable bonds is 9. The lowest BCUT2D eigenvalue weighted by atomic mass is 10.1. The Morgan fingerprint density at radius 1 is 1.17 bits per heavy atom. The Hall–Kier alpha value is -2.33. The van der Waals surface area contributed by atoms with Crippen molar-refractivity contribution in [3.63, 3.8) is 0 Å². The highest BCUT2D eigenvalue weighted by atomic mass is 32.2. The quantitative estimate of drug-likeness (QED) is 0.393. The van der Waals surface area contributed by atoms with Gasteiger partial charge in [0.2, 0.25) is 10.0 Å². The number of benzene rings is 2. The number of nitrogens with zero attached hydrogens (tertiary/aromatic N) is 3. The van der Waals surface area contributed by atoms with E-state index in [1.54, 1.807) is 24.1 Å². The van der Waals surface area contributed by atoms with Crippen LogP contribution in [0.3, 0.4) is 0 Å². The van der Waals surface area contributed by atoms with Crippen LogP contribution in [0.25, 0.3) is 10.2 Å². The smallest absolute Gasteiger partial charge is 0.260 e. The summed E-state index contributed by atoms with van der Waals surface area (Å²) in [5.41, 5.74) is 3.60. The first-order valence-electron chi connectivity index (χ1n) is 12.1. The maximum atomic E-state index is 13.7. The maximum absolute atomic E-state index is 13.7. The fourth-order valence-corrected chi connectivity index (χ4v) is 6.42. The topological polar surface area (TPSA) is 79.8 Å². The van der Waals surface area contributed by atoms with Crippen LogP contribution in [0.2, 0.25) is 0 Å². The maximum Gasteiger partial charge on any atom is 0.260 e. The molecule has 1 unspecified atom stereocenters. The first-order chi connectivity index (χ1) is 16.7. The highest BCUT2D eigenvalue weighted by Crippen LogP contribution is 2.33. The van der Waals surface area contributed by atoms with Crippen molar-refractivity contribution in [2.45, 2.75) is 57.5 Å². The van der Waals surface area contributed by atoms with Gasteiger partial charge in [0.05, 0.1) is 27.8 Å². The van der Waals surface area contributed by atoms with Crippen LogP contribution < -0.4 is 4.90 Å². The Morgan fingerprint density at radius 3 is 2.57 bits per heavy atom. The number of aryl methyl sites for hydroxylation is 2. The number of carbonyl (C=O) groups excluding carboxylic acids is 1. The molecule has 1 aliphatic rings. The number of amides is 1. The van der Waals surface area contributed by atoms with Gasteiger partial charge in [-0.3, -0.25) is 9.69 Å². The van der Waals surface area contributed by atoms with E-state index in [2.05, 4.69) is 13.0 Å². The number of unbranched alkanes of at least 4 members (excludes halogenated alkanes) is 1. The van der Waals surface area contributed by atoms with Gasteiger partial charge in [0.1, 0.15) is 0 Å². The molecule has 1 amide bonds. The van der Waals surface area contributed by atoms with Crippen LogP contribution in [0.4, 0.5) is 5.13 Å². The van der Waals surface area contributed by atoms with E-state index in [9.17, 15) is 13.2 Å². The van der Waals surface area contributed by atoms with Gasteiger partial charge in [0, 0.05) is 25.8 Å². The zero-order valence-electron chi connectivity index (χ0n) is 20.8. The van der Waals surface area contributed by atoms with Crippen LogP contribution in [0.1, 0.15) is 54.1 Å². The number of ether oxygens (including phenoxy) is 1. The number of aromatic nitrogens is 1. The number of fused-ring (bicyclic) bond motifs is 1. The predicted molar refractivity (Wildman–Crippen MR) is 141 cm³/mol. The molecule has 0 bridgehead atoms. The van der Waals surface area contributed by atoms with Crippen molar-refractivity contribution in [3.8, 4) is 0 Å². The van der Waals surface area contributed by atoms with Crippen LogP contribution in [0.15, 0.2) is 41.3 Å². The van der Waals surface area contributed by atoms with E-state index in [1.165, 1.54) is 27.8 Å². The largest absolute Gasteiger partial charge is 0.376 e. The summed E-state index contributed by atoms with van der Waals surface area (Å²) in [5, 5.41) is 0.630. The fourth-order valence-electron chi connectivity index (χ4n) is 4.18. The van der Waals surface area contributed by atoms with Gasteiger partial charge in [-0.1, -0.05) is 30.7 Å². The molecule has 1 fully saturated rings. The third-order valence-electron chi connectivity index (χ3n) is 6.60. The number of anilines is 1. The van der Waals surface area contributed by atoms with Crippen molar-refractivity contribution < 1.29 is 17.9 Å². The molecule has 1 saturated heterocycles. The van der Waals surface area contributed by atoms with Gasteiger partial charge in [0.15, 0.2) is 5.13 Å². The summed E-state index contributed by atoms with van der Waals surface area (Å²) in [6, 6.07) is 10.3. The number of hydrogen-bond acceptors (Lipinski definition) is 6. The first kappa shape index (κ1) is 25.8. The monoisotopic (exact) mass is 515 g/mol. The molecule has 0 spiro atoms. The molecule has 188 valence electrons. The summed E-state index contributed by atoms with van der Waals surface area (Å²) in [6.07, 6.45) is 3.54. The molecule has 2 heterocycles. The molecule has 2 aromatic carbocycles. The van der Waals surface area contributed by atoms with E-state index in [-0.39, 0.29) is 16.9 Å². The molecule has 1 aliphatic heterocycles. The van der Waals surface area contributed by atoms with Gasteiger partial charge in [0.25, 0.3) is 5.91 Å². The molecule has 1 aromatic heterocycles. The van der Waals surface area contributed by atoms with E-state index in [1.807, 2.05) is 19.9 Å². The molecule has 0 radical (unpaired) electrons. The number of hydrogen-bond donors (Lipinski definition) is 0. The average molecular weight is 516 g/mol. The Labute approximate surface area is 211 Å². The molecule has 7 nitrogen and oxygen atoms in total. The summed E-state index contributed by atoms with van der Waals surface area (Å²) in [4.78, 5) is 20.4. The highest BCUT2D eigenvalue weighted by Gasteiger charge is 2.28. The first-order valence-corrected chi connectivity index (χ1v) is 14.3. The van der Waals surface area contributed by atoms with E-state index < -0.39 is 10.0 Å². The lowest BCUT2D eigenvalue weighted by molar-refractivity contribution is 0.0917. The molecular formula is C26H33N3O4S2. The molecule has 35 heavy (non-hydrogen) atoms.